The Bertz CT molecular complexity index is 609. The Kier molecular flexibility index (Phi) is 5.85. The molecular weight excluding hydrogens is 314 g/mol. The van der Waals surface area contributed by atoms with Gasteiger partial charge in [-0.25, -0.2) is 9.37 Å². The highest BCUT2D eigenvalue weighted by atomic mass is 35.5. The Morgan fingerprint density at radius 2 is 2.19 bits per heavy atom. The van der Waals surface area contributed by atoms with Crippen LogP contribution in [-0.4, -0.2) is 29.1 Å². The van der Waals surface area contributed by atoms with Crippen LogP contribution in [0.25, 0.3) is 11.0 Å². The fourth-order valence-corrected chi connectivity index (χ4v) is 2.95. The first-order valence-corrected chi connectivity index (χ1v) is 7.94. The van der Waals surface area contributed by atoms with Crippen molar-refractivity contribution >= 4 is 34.2 Å². The molecule has 2 aromatic rings. The van der Waals surface area contributed by atoms with Gasteiger partial charge in [-0.05, 0) is 12.5 Å². The molecule has 0 aliphatic carbocycles. The summed E-state index contributed by atoms with van der Waals surface area (Å²) in [4.78, 5) is 4.56. The largest absolute Gasteiger partial charge is 0.383 e. The van der Waals surface area contributed by atoms with Crippen LogP contribution in [0.15, 0.2) is 12.1 Å². The normalized spacial score (nSPS) is 13.0. The summed E-state index contributed by atoms with van der Waals surface area (Å²) in [6, 6.07) is 3.13. The minimum atomic E-state index is -0.435. The maximum Gasteiger partial charge on any atom is 0.144 e. The van der Waals surface area contributed by atoms with E-state index < -0.39 is 5.82 Å². The lowest BCUT2D eigenvalue weighted by Crippen LogP contribution is -2.17. The molecule has 3 nitrogen and oxygen atoms in total. The van der Waals surface area contributed by atoms with Crippen molar-refractivity contribution in [3.8, 4) is 0 Å². The van der Waals surface area contributed by atoms with E-state index in [1.165, 1.54) is 6.07 Å². The molecule has 0 spiro atoms. The van der Waals surface area contributed by atoms with Crippen LogP contribution in [0.3, 0.4) is 0 Å². The first-order chi connectivity index (χ1) is 10.1. The summed E-state index contributed by atoms with van der Waals surface area (Å²) in [5.74, 6) is 0.873. The molecule has 1 heterocycles. The molecule has 0 saturated carbocycles. The van der Waals surface area contributed by atoms with E-state index in [4.69, 9.17) is 27.9 Å². The van der Waals surface area contributed by atoms with Gasteiger partial charge < -0.3 is 9.30 Å². The lowest BCUT2D eigenvalue weighted by Gasteiger charge is -2.20. The quantitative estimate of drug-likeness (QED) is 0.693. The molecule has 1 aromatic carbocycles. The molecule has 0 aliphatic rings. The summed E-state index contributed by atoms with van der Waals surface area (Å²) in [5, 5.41) is 0.0864. The Labute approximate surface area is 134 Å². The van der Waals surface area contributed by atoms with E-state index in [9.17, 15) is 4.39 Å². The smallest absolute Gasteiger partial charge is 0.144 e. The number of benzene rings is 1. The number of alkyl halides is 1. The van der Waals surface area contributed by atoms with Crippen LogP contribution in [0, 0.1) is 5.82 Å². The van der Waals surface area contributed by atoms with Crippen molar-refractivity contribution in [2.24, 2.45) is 0 Å². The van der Waals surface area contributed by atoms with Gasteiger partial charge in [0.2, 0.25) is 0 Å². The van der Waals surface area contributed by atoms with Crippen LogP contribution in [-0.2, 0) is 11.2 Å². The lowest BCUT2D eigenvalue weighted by atomic mass is 10.1. The van der Waals surface area contributed by atoms with Crippen LogP contribution in [0.5, 0.6) is 0 Å². The maximum absolute atomic E-state index is 13.8. The molecule has 0 amide bonds. The van der Waals surface area contributed by atoms with Crippen molar-refractivity contribution in [2.75, 3.05) is 19.6 Å². The third-order valence-corrected chi connectivity index (χ3v) is 3.95. The molecule has 116 valence electrons. The predicted octanol–water partition coefficient (Wildman–Crippen LogP) is 4.60. The summed E-state index contributed by atoms with van der Waals surface area (Å²) in [6.07, 6.45) is 2.56. The second-order valence-electron chi connectivity index (χ2n) is 4.99. The van der Waals surface area contributed by atoms with Gasteiger partial charge in [0.1, 0.15) is 11.6 Å². The van der Waals surface area contributed by atoms with Crippen molar-refractivity contribution in [1.82, 2.24) is 9.55 Å². The number of halogens is 3. The number of methoxy groups -OCH3 is 1. The fourth-order valence-electron chi connectivity index (χ4n) is 2.62. The predicted molar refractivity (Wildman–Crippen MR) is 84.9 cm³/mol. The highest BCUT2D eigenvalue weighted by Gasteiger charge is 2.20. The zero-order valence-corrected chi connectivity index (χ0v) is 13.7. The molecule has 21 heavy (non-hydrogen) atoms. The Morgan fingerprint density at radius 1 is 1.43 bits per heavy atom. The summed E-state index contributed by atoms with van der Waals surface area (Å²) in [5.41, 5.74) is 1.44. The standard InChI is InChI=1S/C15H19Cl2FN2O/c1-3-4-10(9-21-2)20-14-8-12(18)11(17)7-13(14)19-15(20)5-6-16/h7-8,10H,3-6,9H2,1-2H3. The molecule has 1 aromatic heterocycles. The number of nitrogens with zero attached hydrogens (tertiary/aromatic N) is 2. The first kappa shape index (κ1) is 16.5. The summed E-state index contributed by atoms with van der Waals surface area (Å²) in [7, 11) is 1.67. The number of imidazole rings is 1. The number of fused-ring (bicyclic) bond motifs is 1. The van der Waals surface area contributed by atoms with E-state index in [2.05, 4.69) is 11.9 Å². The summed E-state index contributed by atoms with van der Waals surface area (Å²) < 4.78 is 21.2. The second-order valence-corrected chi connectivity index (χ2v) is 5.78. The third kappa shape index (κ3) is 3.50. The van der Waals surface area contributed by atoms with Crippen molar-refractivity contribution in [1.29, 1.82) is 0 Å². The molecule has 0 radical (unpaired) electrons. The van der Waals surface area contributed by atoms with Gasteiger partial charge in [-0.2, -0.15) is 0 Å². The van der Waals surface area contributed by atoms with Gasteiger partial charge in [0.15, 0.2) is 0 Å². The summed E-state index contributed by atoms with van der Waals surface area (Å²) >= 11 is 11.7. The zero-order chi connectivity index (χ0) is 15.4. The van der Waals surface area contributed by atoms with Crippen molar-refractivity contribution in [3.63, 3.8) is 0 Å². The number of aromatic nitrogens is 2. The fraction of sp³-hybridized carbons (Fsp3) is 0.533. The van der Waals surface area contributed by atoms with E-state index in [1.54, 1.807) is 13.2 Å². The first-order valence-electron chi connectivity index (χ1n) is 7.03. The molecular formula is C15H19Cl2FN2O. The average molecular weight is 333 g/mol. The van der Waals surface area contributed by atoms with Crippen LogP contribution in [0.4, 0.5) is 4.39 Å². The van der Waals surface area contributed by atoms with Crippen LogP contribution in [0.2, 0.25) is 5.02 Å². The maximum atomic E-state index is 13.8. The zero-order valence-electron chi connectivity index (χ0n) is 12.2. The van der Waals surface area contributed by atoms with Gasteiger partial charge in [-0.15, -0.1) is 11.6 Å². The van der Waals surface area contributed by atoms with E-state index >= 15 is 0 Å². The van der Waals surface area contributed by atoms with Gasteiger partial charge in [-0.1, -0.05) is 24.9 Å². The molecule has 0 aliphatic heterocycles. The highest BCUT2D eigenvalue weighted by Crippen LogP contribution is 2.28. The monoisotopic (exact) mass is 332 g/mol. The molecule has 1 unspecified atom stereocenters. The van der Waals surface area contributed by atoms with E-state index in [0.717, 1.165) is 24.2 Å². The van der Waals surface area contributed by atoms with Crippen LogP contribution in [0.1, 0.15) is 31.6 Å². The van der Waals surface area contributed by atoms with Gasteiger partial charge in [-0.3, -0.25) is 0 Å². The van der Waals surface area contributed by atoms with Crippen molar-refractivity contribution < 1.29 is 9.13 Å². The molecule has 0 N–H and O–H groups in total. The molecule has 0 saturated heterocycles. The number of hydrogen-bond donors (Lipinski definition) is 0. The molecule has 1 atom stereocenters. The van der Waals surface area contributed by atoms with Gasteiger partial charge >= 0.3 is 0 Å². The average Bonchev–Trinajstić information content (AvgIpc) is 2.77. The number of rotatable bonds is 7. The Hall–Kier alpha value is -0.840. The number of hydrogen-bond acceptors (Lipinski definition) is 2. The Balaban J connectivity index is 2.60. The third-order valence-electron chi connectivity index (χ3n) is 3.47. The molecule has 0 bridgehead atoms. The topological polar surface area (TPSA) is 27.1 Å². The van der Waals surface area contributed by atoms with Crippen LogP contribution >= 0.6 is 23.2 Å². The summed E-state index contributed by atoms with van der Waals surface area (Å²) in [6.45, 7) is 2.67. The minimum Gasteiger partial charge on any atom is -0.383 e. The molecule has 6 heteroatoms. The SMILES string of the molecule is CCCC(COC)n1c(CCCl)nc2cc(Cl)c(F)cc21. The van der Waals surface area contributed by atoms with Crippen LogP contribution < -0.4 is 0 Å². The number of ether oxygens (including phenoxy) is 1. The minimum absolute atomic E-state index is 0.0864. The van der Waals surface area contributed by atoms with E-state index in [-0.39, 0.29) is 11.1 Å². The highest BCUT2D eigenvalue weighted by molar-refractivity contribution is 6.31. The lowest BCUT2D eigenvalue weighted by molar-refractivity contribution is 0.151. The van der Waals surface area contributed by atoms with Gasteiger partial charge in [0, 0.05) is 25.5 Å². The van der Waals surface area contributed by atoms with Gasteiger partial charge in [0.25, 0.3) is 0 Å². The van der Waals surface area contributed by atoms with Crippen molar-refractivity contribution in [3.05, 3.63) is 28.8 Å². The number of aryl methyl sites for hydroxylation is 1. The van der Waals surface area contributed by atoms with Crippen molar-refractivity contribution in [2.45, 2.75) is 32.2 Å². The van der Waals surface area contributed by atoms with Gasteiger partial charge in [0.05, 0.1) is 28.7 Å². The van der Waals surface area contributed by atoms with E-state index in [0.29, 0.717) is 24.4 Å². The second kappa shape index (κ2) is 7.43. The van der Waals surface area contributed by atoms with E-state index in [1.807, 2.05) is 4.57 Å². The molecule has 2 rings (SSSR count). The molecule has 0 fully saturated rings. The Morgan fingerprint density at radius 3 is 2.81 bits per heavy atom.